The molecule has 0 saturated carbocycles. The first kappa shape index (κ1) is 26.2. The molecule has 5 rings (SSSR count). The Kier molecular flexibility index (Phi) is 6.54. The van der Waals surface area contributed by atoms with Gasteiger partial charge in [0.15, 0.2) is 17.2 Å². The second-order valence-corrected chi connectivity index (χ2v) is 8.76. The van der Waals surface area contributed by atoms with E-state index in [1.54, 1.807) is 30.5 Å². The van der Waals surface area contributed by atoms with Gasteiger partial charge in [-0.3, -0.25) is 9.48 Å². The van der Waals surface area contributed by atoms with E-state index in [9.17, 15) is 31.1 Å². The molecule has 0 bridgehead atoms. The molecule has 0 aliphatic rings. The van der Waals surface area contributed by atoms with Crippen molar-refractivity contribution in [1.29, 1.82) is 0 Å². The van der Waals surface area contributed by atoms with Crippen molar-refractivity contribution >= 4 is 29.0 Å². The topological polar surface area (TPSA) is 77.1 Å². The molecule has 7 nitrogen and oxygen atoms in total. The van der Waals surface area contributed by atoms with Crippen molar-refractivity contribution < 1.29 is 31.1 Å². The number of halogens is 7. The molecule has 1 amide bonds. The van der Waals surface area contributed by atoms with Crippen LogP contribution in [-0.4, -0.2) is 36.5 Å². The van der Waals surface area contributed by atoms with Crippen LogP contribution in [0, 0.1) is 5.82 Å². The number of rotatable bonds is 6. The van der Waals surface area contributed by atoms with Gasteiger partial charge in [-0.05, 0) is 42.0 Å². The van der Waals surface area contributed by atoms with E-state index in [0.29, 0.717) is 11.1 Å². The maximum Gasteiger partial charge on any atom is 0.459 e. The van der Waals surface area contributed by atoms with Gasteiger partial charge in [-0.25, -0.2) is 13.9 Å². The quantitative estimate of drug-likeness (QED) is 0.244. The Bertz CT molecular complexity index is 1680. The predicted molar refractivity (Wildman–Crippen MR) is 129 cm³/mol. The Hall–Kier alpha value is -4.39. The predicted octanol–water partition coefficient (Wildman–Crippen LogP) is 6.34. The van der Waals surface area contributed by atoms with Crippen LogP contribution < -0.4 is 5.32 Å². The highest BCUT2D eigenvalue weighted by atomic mass is 35.5. The molecule has 2 aromatic carbocycles. The normalized spacial score (nSPS) is 12.2. The van der Waals surface area contributed by atoms with Crippen molar-refractivity contribution in [3.05, 3.63) is 101 Å². The number of anilines is 1. The van der Waals surface area contributed by atoms with Crippen LogP contribution in [0.25, 0.3) is 16.9 Å². The number of nitrogens with zero attached hydrogens (tertiary/aromatic N) is 5. The molecule has 0 unspecified atom stereocenters. The molecular formula is C25H15ClF6N6O. The van der Waals surface area contributed by atoms with Gasteiger partial charge >= 0.3 is 12.1 Å². The van der Waals surface area contributed by atoms with Gasteiger partial charge in [0.25, 0.3) is 5.91 Å². The highest BCUT2D eigenvalue weighted by Crippen LogP contribution is 2.44. The molecular weight excluding hydrogens is 550 g/mol. The summed E-state index contributed by atoms with van der Waals surface area (Å²) >= 11 is 6.15. The van der Waals surface area contributed by atoms with Crippen molar-refractivity contribution in [3.63, 3.8) is 0 Å². The van der Waals surface area contributed by atoms with Crippen molar-refractivity contribution in [3.8, 4) is 11.3 Å². The minimum atomic E-state index is -5.97. The highest BCUT2D eigenvalue weighted by molar-refractivity contribution is 6.31. The molecule has 14 heteroatoms. The number of hydrogen-bond donors (Lipinski definition) is 1. The van der Waals surface area contributed by atoms with E-state index in [0.717, 1.165) is 23.8 Å². The van der Waals surface area contributed by atoms with Crippen molar-refractivity contribution in [2.24, 2.45) is 0 Å². The second kappa shape index (κ2) is 9.73. The van der Waals surface area contributed by atoms with Crippen LogP contribution in [0.2, 0.25) is 5.02 Å². The van der Waals surface area contributed by atoms with Gasteiger partial charge in [-0.1, -0.05) is 29.8 Å². The smallest absolute Gasteiger partial charge is 0.304 e. The lowest BCUT2D eigenvalue weighted by atomic mass is 10.1. The molecule has 0 spiro atoms. The first-order valence-corrected chi connectivity index (χ1v) is 11.5. The molecule has 0 radical (unpaired) electrons. The van der Waals surface area contributed by atoms with E-state index in [2.05, 4.69) is 20.5 Å². The summed E-state index contributed by atoms with van der Waals surface area (Å²) < 4.78 is 84.0. The molecule has 0 aliphatic carbocycles. The highest BCUT2D eigenvalue weighted by Gasteiger charge is 2.60. The van der Waals surface area contributed by atoms with E-state index >= 15 is 0 Å². The lowest BCUT2D eigenvalue weighted by Gasteiger charge is -2.21. The Balaban J connectivity index is 1.48. The van der Waals surface area contributed by atoms with Crippen LogP contribution in [0.1, 0.15) is 21.7 Å². The van der Waals surface area contributed by atoms with Gasteiger partial charge in [0.05, 0.1) is 12.2 Å². The Morgan fingerprint density at radius 1 is 0.949 bits per heavy atom. The number of aromatic nitrogens is 5. The standard InChI is InChI=1S/C25H15ClF6N6O/c26-17-4-2-1-3-15(17)13-37-10-9-21(36-37)34-23(39)19-12-22-33-18(14-5-7-16(27)8-6-14)11-20(38(22)35-19)24(28,29)25(30,31)32/h1-12H,13H2,(H,34,36,39). The summed E-state index contributed by atoms with van der Waals surface area (Å²) in [7, 11) is 0. The Morgan fingerprint density at radius 2 is 1.67 bits per heavy atom. The van der Waals surface area contributed by atoms with Crippen molar-refractivity contribution in [2.75, 3.05) is 5.32 Å². The maximum absolute atomic E-state index is 14.5. The summed E-state index contributed by atoms with van der Waals surface area (Å²) in [6.45, 7) is 0.288. The van der Waals surface area contributed by atoms with Gasteiger partial charge in [0, 0.05) is 28.9 Å². The van der Waals surface area contributed by atoms with Crippen LogP contribution in [0.3, 0.4) is 0 Å². The number of benzene rings is 2. The van der Waals surface area contributed by atoms with Gasteiger partial charge in [-0.2, -0.15) is 32.1 Å². The number of nitrogens with one attached hydrogen (secondary N) is 1. The minimum absolute atomic E-state index is 0.0740. The fraction of sp³-hybridized carbons (Fsp3) is 0.120. The summed E-state index contributed by atoms with van der Waals surface area (Å²) in [4.78, 5) is 16.9. The number of fused-ring (bicyclic) bond motifs is 1. The summed E-state index contributed by atoms with van der Waals surface area (Å²) in [6, 6.07) is 14.3. The summed E-state index contributed by atoms with van der Waals surface area (Å²) in [5.74, 6) is -6.84. The summed E-state index contributed by atoms with van der Waals surface area (Å²) in [6.07, 6.45) is -4.41. The fourth-order valence-electron chi connectivity index (χ4n) is 3.72. The average molecular weight is 565 g/mol. The van der Waals surface area contributed by atoms with Crippen LogP contribution in [0.5, 0.6) is 0 Å². The maximum atomic E-state index is 14.5. The molecule has 0 aliphatic heterocycles. The van der Waals surface area contributed by atoms with E-state index in [1.807, 2.05) is 0 Å². The van der Waals surface area contributed by atoms with Gasteiger partial charge in [-0.15, -0.1) is 0 Å². The zero-order valence-electron chi connectivity index (χ0n) is 19.4. The number of amides is 1. The Morgan fingerprint density at radius 3 is 2.36 bits per heavy atom. The van der Waals surface area contributed by atoms with E-state index in [-0.39, 0.29) is 28.1 Å². The van der Waals surface area contributed by atoms with Crippen LogP contribution in [-0.2, 0) is 12.5 Å². The molecule has 3 aromatic heterocycles. The number of carbonyl (C=O) groups is 1. The first-order valence-electron chi connectivity index (χ1n) is 11.1. The third kappa shape index (κ3) is 5.17. The third-order valence-electron chi connectivity index (χ3n) is 5.65. The van der Waals surface area contributed by atoms with E-state index < -0.39 is 40.9 Å². The van der Waals surface area contributed by atoms with Crippen LogP contribution in [0.4, 0.5) is 32.2 Å². The molecule has 200 valence electrons. The van der Waals surface area contributed by atoms with Crippen LogP contribution >= 0.6 is 11.6 Å². The number of hydrogen-bond acceptors (Lipinski definition) is 4. The molecule has 0 fully saturated rings. The SMILES string of the molecule is O=C(Nc1ccn(Cc2ccccc2Cl)n1)c1cc2nc(-c3ccc(F)cc3)cc(C(F)(F)C(F)(F)F)n2n1. The third-order valence-corrected chi connectivity index (χ3v) is 6.02. The first-order chi connectivity index (χ1) is 18.4. The lowest BCUT2D eigenvalue weighted by Crippen LogP contribution is -2.36. The molecule has 5 aromatic rings. The van der Waals surface area contributed by atoms with Gasteiger partial charge in [0.1, 0.15) is 11.5 Å². The van der Waals surface area contributed by atoms with Gasteiger partial charge < -0.3 is 5.32 Å². The van der Waals surface area contributed by atoms with E-state index in [4.69, 9.17) is 11.6 Å². The number of carbonyl (C=O) groups excluding carboxylic acids is 1. The number of alkyl halides is 5. The molecule has 0 atom stereocenters. The largest absolute Gasteiger partial charge is 0.459 e. The van der Waals surface area contributed by atoms with Crippen LogP contribution in [0.15, 0.2) is 72.9 Å². The Labute approximate surface area is 220 Å². The molecule has 0 saturated heterocycles. The monoisotopic (exact) mass is 564 g/mol. The van der Waals surface area contributed by atoms with Crippen molar-refractivity contribution in [1.82, 2.24) is 24.4 Å². The zero-order valence-corrected chi connectivity index (χ0v) is 20.2. The summed E-state index contributed by atoms with van der Waals surface area (Å²) in [5.41, 5.74) is -1.96. The van der Waals surface area contributed by atoms with E-state index in [1.165, 1.54) is 22.9 Å². The fourth-order valence-corrected chi connectivity index (χ4v) is 3.92. The van der Waals surface area contributed by atoms with Crippen molar-refractivity contribution in [2.45, 2.75) is 18.6 Å². The molecule has 39 heavy (non-hydrogen) atoms. The average Bonchev–Trinajstić information content (AvgIpc) is 3.51. The minimum Gasteiger partial charge on any atom is -0.304 e. The molecule has 3 heterocycles. The lowest BCUT2D eigenvalue weighted by molar-refractivity contribution is -0.291. The zero-order chi connectivity index (χ0) is 27.9. The molecule has 1 N–H and O–H groups in total. The van der Waals surface area contributed by atoms with Gasteiger partial charge in [0.2, 0.25) is 0 Å². The summed E-state index contributed by atoms with van der Waals surface area (Å²) in [5, 5.41) is 10.8. The second-order valence-electron chi connectivity index (χ2n) is 8.35.